The molecule has 1 atom stereocenters. The number of nitrogens with zero attached hydrogens (tertiary/aromatic N) is 1. The van der Waals surface area contributed by atoms with Crippen molar-refractivity contribution in [2.24, 2.45) is 0 Å². The Morgan fingerprint density at radius 2 is 1.55 bits per heavy atom. The van der Waals surface area contributed by atoms with E-state index in [1.54, 1.807) is 26.0 Å². The van der Waals surface area contributed by atoms with Crippen LogP contribution < -0.4 is 15.4 Å². The van der Waals surface area contributed by atoms with Gasteiger partial charge in [0.1, 0.15) is 17.5 Å². The van der Waals surface area contributed by atoms with Crippen molar-refractivity contribution in [3.63, 3.8) is 0 Å². The van der Waals surface area contributed by atoms with Crippen LogP contribution in [0.4, 0.5) is 4.79 Å². The van der Waals surface area contributed by atoms with Gasteiger partial charge >= 0.3 is 6.03 Å². The first-order valence-corrected chi connectivity index (χ1v) is 10.6. The summed E-state index contributed by atoms with van der Waals surface area (Å²) in [6.07, 6.45) is 0. The van der Waals surface area contributed by atoms with Crippen LogP contribution in [-0.4, -0.2) is 43.3 Å². The first-order valence-electron chi connectivity index (χ1n) is 9.14. The summed E-state index contributed by atoms with van der Waals surface area (Å²) in [5.41, 5.74) is 1.11. The molecule has 0 radical (unpaired) electrons. The molecule has 2 aromatic rings. The van der Waals surface area contributed by atoms with Crippen LogP contribution >= 0.6 is 0 Å². The second-order valence-corrected chi connectivity index (χ2v) is 8.96. The molecule has 0 spiro atoms. The number of nitrogens with one attached hydrogen (secondary N) is 2. The van der Waals surface area contributed by atoms with E-state index in [4.69, 9.17) is 4.74 Å². The van der Waals surface area contributed by atoms with Gasteiger partial charge in [-0.2, -0.15) is 4.31 Å². The molecule has 2 N–H and O–H groups in total. The Labute approximate surface area is 169 Å². The average molecular weight is 417 g/mol. The van der Waals surface area contributed by atoms with Gasteiger partial charge in [0.25, 0.3) is 5.91 Å². The third kappa shape index (κ3) is 4.75. The summed E-state index contributed by atoms with van der Waals surface area (Å²) in [6.45, 7) is 5.24. The zero-order valence-corrected chi connectivity index (χ0v) is 17.2. The Bertz CT molecular complexity index is 1000. The Morgan fingerprint density at radius 1 is 1.00 bits per heavy atom. The van der Waals surface area contributed by atoms with Crippen molar-refractivity contribution in [1.82, 2.24) is 14.9 Å². The van der Waals surface area contributed by atoms with Gasteiger partial charge in [0.05, 0.1) is 4.90 Å². The lowest BCUT2D eigenvalue weighted by Crippen LogP contribution is -2.47. The number of carbonyl (C=O) groups is 2. The quantitative estimate of drug-likeness (QED) is 0.673. The van der Waals surface area contributed by atoms with Gasteiger partial charge in [0, 0.05) is 12.6 Å². The van der Waals surface area contributed by atoms with E-state index in [9.17, 15) is 18.0 Å². The summed E-state index contributed by atoms with van der Waals surface area (Å²) in [5, 5.41) is 4.54. The number of aryl methyl sites for hydroxylation is 1. The van der Waals surface area contributed by atoms with Gasteiger partial charge in [-0.3, -0.25) is 10.1 Å². The predicted octanol–water partition coefficient (Wildman–Crippen LogP) is 2.39. The maximum Gasteiger partial charge on any atom is 0.322 e. The van der Waals surface area contributed by atoms with Gasteiger partial charge in [-0.25, -0.2) is 13.2 Å². The number of rotatable bonds is 7. The second-order valence-electron chi connectivity index (χ2n) is 7.07. The maximum absolute atomic E-state index is 13.1. The lowest BCUT2D eigenvalue weighted by Gasteiger charge is -2.27. The van der Waals surface area contributed by atoms with Crippen LogP contribution in [0.15, 0.2) is 53.4 Å². The lowest BCUT2D eigenvalue weighted by molar-refractivity contribution is -0.120. The van der Waals surface area contributed by atoms with Crippen molar-refractivity contribution in [3.05, 3.63) is 54.1 Å². The number of benzene rings is 2. The average Bonchev–Trinajstić information content (AvgIpc) is 2.98. The fourth-order valence-electron chi connectivity index (χ4n) is 2.91. The number of sulfonamides is 1. The summed E-state index contributed by atoms with van der Waals surface area (Å²) in [4.78, 5) is 23.2. The molecule has 0 aliphatic carbocycles. The Morgan fingerprint density at radius 3 is 2.03 bits per heavy atom. The fourth-order valence-corrected chi connectivity index (χ4v) is 4.56. The normalized spacial score (nSPS) is 16.8. The molecule has 1 heterocycles. The van der Waals surface area contributed by atoms with Gasteiger partial charge in [-0.15, -0.1) is 0 Å². The van der Waals surface area contributed by atoms with Crippen molar-refractivity contribution < 1.29 is 22.7 Å². The third-order valence-corrected chi connectivity index (χ3v) is 6.54. The molecule has 1 saturated heterocycles. The zero-order valence-electron chi connectivity index (χ0n) is 16.4. The molecule has 3 rings (SSSR count). The number of ether oxygens (including phenoxy) is 1. The molecule has 1 aliphatic heterocycles. The smallest absolute Gasteiger partial charge is 0.322 e. The molecule has 0 aromatic heterocycles. The summed E-state index contributed by atoms with van der Waals surface area (Å²) in [5.74, 6) is 0.613. The van der Waals surface area contributed by atoms with Crippen LogP contribution in [0.3, 0.4) is 0 Å². The summed E-state index contributed by atoms with van der Waals surface area (Å²) >= 11 is 0. The van der Waals surface area contributed by atoms with E-state index in [2.05, 4.69) is 10.6 Å². The van der Waals surface area contributed by atoms with Crippen molar-refractivity contribution in [2.75, 3.05) is 6.54 Å². The predicted molar refractivity (Wildman–Crippen MR) is 107 cm³/mol. The minimum absolute atomic E-state index is 0.0761. The lowest BCUT2D eigenvalue weighted by atomic mass is 10.2. The molecule has 29 heavy (non-hydrogen) atoms. The number of imide groups is 1. The number of amides is 3. The van der Waals surface area contributed by atoms with Crippen molar-refractivity contribution in [2.45, 2.75) is 37.8 Å². The second kappa shape index (κ2) is 8.22. The van der Waals surface area contributed by atoms with E-state index in [1.807, 2.05) is 31.2 Å². The van der Waals surface area contributed by atoms with Gasteiger partial charge < -0.3 is 10.1 Å². The molecular weight excluding hydrogens is 394 g/mol. The molecule has 0 bridgehead atoms. The van der Waals surface area contributed by atoms with Gasteiger partial charge in [0.15, 0.2) is 0 Å². The Kier molecular flexibility index (Phi) is 5.90. The van der Waals surface area contributed by atoms with E-state index in [1.165, 1.54) is 16.4 Å². The van der Waals surface area contributed by atoms with E-state index in [0.717, 1.165) is 5.56 Å². The molecule has 3 amide bonds. The van der Waals surface area contributed by atoms with Gasteiger partial charge in [0.2, 0.25) is 10.0 Å². The first-order chi connectivity index (χ1) is 13.7. The van der Waals surface area contributed by atoms with Crippen molar-refractivity contribution >= 4 is 22.0 Å². The maximum atomic E-state index is 13.1. The van der Waals surface area contributed by atoms with Crippen LogP contribution in [0.2, 0.25) is 0 Å². The highest BCUT2D eigenvalue weighted by molar-refractivity contribution is 7.89. The van der Waals surface area contributed by atoms with E-state index in [0.29, 0.717) is 11.5 Å². The molecule has 9 heteroatoms. The topological polar surface area (TPSA) is 105 Å². The zero-order chi connectivity index (χ0) is 21.2. The van der Waals surface area contributed by atoms with Crippen LogP contribution in [0.25, 0.3) is 0 Å². The van der Waals surface area contributed by atoms with Gasteiger partial charge in [-0.05, 0) is 57.2 Å². The minimum atomic E-state index is -3.88. The third-order valence-electron chi connectivity index (χ3n) is 4.48. The number of carbonyl (C=O) groups excluding carboxylic acids is 2. The van der Waals surface area contributed by atoms with E-state index in [-0.39, 0.29) is 11.4 Å². The highest BCUT2D eigenvalue weighted by Crippen LogP contribution is 2.25. The van der Waals surface area contributed by atoms with Crippen LogP contribution in [0, 0.1) is 6.92 Å². The van der Waals surface area contributed by atoms with E-state index < -0.39 is 34.0 Å². The summed E-state index contributed by atoms with van der Waals surface area (Å²) < 4.78 is 33.1. The SMILES string of the molecule is Cc1ccc(Oc2ccc(S(=O)(=O)N(CC3NC(=O)NC3=O)C(C)C)cc2)cc1. The first kappa shape index (κ1) is 20.8. The van der Waals surface area contributed by atoms with Crippen molar-refractivity contribution in [1.29, 1.82) is 0 Å². The number of hydrogen-bond donors (Lipinski definition) is 2. The molecule has 8 nitrogen and oxygen atoms in total. The van der Waals surface area contributed by atoms with Crippen LogP contribution in [-0.2, 0) is 14.8 Å². The molecule has 1 unspecified atom stereocenters. The summed E-state index contributed by atoms with van der Waals surface area (Å²) in [6, 6.07) is 11.6. The minimum Gasteiger partial charge on any atom is -0.457 e. The van der Waals surface area contributed by atoms with Gasteiger partial charge in [-0.1, -0.05) is 17.7 Å². The Hall–Kier alpha value is -2.91. The fraction of sp³-hybridized carbons (Fsp3) is 0.300. The van der Waals surface area contributed by atoms with E-state index >= 15 is 0 Å². The Balaban J connectivity index is 1.78. The van der Waals surface area contributed by atoms with Crippen LogP contribution in [0.5, 0.6) is 11.5 Å². The number of urea groups is 1. The van der Waals surface area contributed by atoms with Crippen molar-refractivity contribution in [3.8, 4) is 11.5 Å². The monoisotopic (exact) mass is 417 g/mol. The highest BCUT2D eigenvalue weighted by Gasteiger charge is 2.36. The largest absolute Gasteiger partial charge is 0.457 e. The molecule has 154 valence electrons. The van der Waals surface area contributed by atoms with Crippen LogP contribution in [0.1, 0.15) is 19.4 Å². The molecular formula is C20H23N3O5S. The summed E-state index contributed by atoms with van der Waals surface area (Å²) in [7, 11) is -3.88. The number of hydrogen-bond acceptors (Lipinski definition) is 5. The molecule has 1 aliphatic rings. The molecule has 0 saturated carbocycles. The molecule has 1 fully saturated rings. The standard InChI is InChI=1S/C20H23N3O5S/c1-13(2)23(12-18-19(24)22-20(25)21-18)29(26,27)17-10-8-16(9-11-17)28-15-6-4-14(3)5-7-15/h4-11,13,18H,12H2,1-3H3,(H2,21,22,24,25). The highest BCUT2D eigenvalue weighted by atomic mass is 32.2. The molecule has 2 aromatic carbocycles.